The highest BCUT2D eigenvalue weighted by Gasteiger charge is 2.10. The number of hydrogen-bond donors (Lipinski definition) is 2. The van der Waals surface area contributed by atoms with E-state index in [1.807, 2.05) is 0 Å². The Labute approximate surface area is 111 Å². The van der Waals surface area contributed by atoms with Crippen molar-refractivity contribution in [3.63, 3.8) is 0 Å². The lowest BCUT2D eigenvalue weighted by atomic mass is 10.2. The van der Waals surface area contributed by atoms with Crippen LogP contribution in [0.3, 0.4) is 0 Å². The first kappa shape index (κ1) is 12.5. The SMILES string of the molecule is Nc1ncccc1C(=O)Nc1ccc(F)c(Br)c1. The van der Waals surface area contributed by atoms with Crippen LogP contribution >= 0.6 is 15.9 Å². The second-order valence-corrected chi connectivity index (χ2v) is 4.37. The fourth-order valence-corrected chi connectivity index (χ4v) is 1.76. The molecule has 3 N–H and O–H groups in total. The number of rotatable bonds is 2. The molecule has 18 heavy (non-hydrogen) atoms. The maximum Gasteiger partial charge on any atom is 0.259 e. The molecule has 2 aromatic rings. The summed E-state index contributed by atoms with van der Waals surface area (Å²) in [6.07, 6.45) is 1.50. The second kappa shape index (κ2) is 5.14. The van der Waals surface area contributed by atoms with E-state index in [1.165, 1.54) is 24.4 Å². The van der Waals surface area contributed by atoms with Gasteiger partial charge in [-0.3, -0.25) is 4.79 Å². The number of nitrogen functional groups attached to an aromatic ring is 1. The first-order chi connectivity index (χ1) is 8.58. The summed E-state index contributed by atoms with van der Waals surface area (Å²) in [5.41, 5.74) is 6.33. The van der Waals surface area contributed by atoms with Crippen LogP contribution in [0.4, 0.5) is 15.9 Å². The van der Waals surface area contributed by atoms with Crippen LogP contribution in [0, 0.1) is 5.82 Å². The third kappa shape index (κ3) is 2.65. The van der Waals surface area contributed by atoms with Gasteiger partial charge in [0.05, 0.1) is 10.0 Å². The Kier molecular flexibility index (Phi) is 3.57. The number of benzene rings is 1. The Balaban J connectivity index is 2.22. The minimum atomic E-state index is -0.395. The molecule has 0 spiro atoms. The highest BCUT2D eigenvalue weighted by molar-refractivity contribution is 9.10. The molecule has 2 rings (SSSR count). The topological polar surface area (TPSA) is 68.0 Å². The lowest BCUT2D eigenvalue weighted by Crippen LogP contribution is -2.14. The van der Waals surface area contributed by atoms with Crippen LogP contribution < -0.4 is 11.1 Å². The molecule has 0 aliphatic rings. The molecule has 1 heterocycles. The molecular formula is C12H9BrFN3O. The largest absolute Gasteiger partial charge is 0.383 e. The number of carbonyl (C=O) groups excluding carboxylic acids is 1. The van der Waals surface area contributed by atoms with Gasteiger partial charge in [0, 0.05) is 11.9 Å². The molecule has 0 aliphatic carbocycles. The molecule has 0 saturated carbocycles. The molecule has 0 saturated heterocycles. The second-order valence-electron chi connectivity index (χ2n) is 3.52. The number of amides is 1. The quantitative estimate of drug-likeness (QED) is 0.896. The van der Waals surface area contributed by atoms with Crippen LogP contribution in [-0.4, -0.2) is 10.9 Å². The molecule has 1 aromatic carbocycles. The van der Waals surface area contributed by atoms with E-state index >= 15 is 0 Å². The molecule has 0 aliphatic heterocycles. The molecular weight excluding hydrogens is 301 g/mol. The molecule has 1 aromatic heterocycles. The van der Waals surface area contributed by atoms with Crippen LogP contribution in [0.2, 0.25) is 0 Å². The summed E-state index contributed by atoms with van der Waals surface area (Å²) >= 11 is 3.04. The first-order valence-electron chi connectivity index (χ1n) is 5.05. The van der Waals surface area contributed by atoms with Crippen LogP contribution in [0.5, 0.6) is 0 Å². The van der Waals surface area contributed by atoms with Crippen molar-refractivity contribution < 1.29 is 9.18 Å². The van der Waals surface area contributed by atoms with E-state index < -0.39 is 5.82 Å². The number of anilines is 2. The fourth-order valence-electron chi connectivity index (χ4n) is 1.38. The van der Waals surface area contributed by atoms with Gasteiger partial charge in [-0.2, -0.15) is 0 Å². The predicted molar refractivity (Wildman–Crippen MR) is 70.7 cm³/mol. The number of nitrogens with two attached hydrogens (primary N) is 1. The predicted octanol–water partition coefficient (Wildman–Crippen LogP) is 2.82. The standard InChI is InChI=1S/C12H9BrFN3O/c13-9-6-7(3-4-10(9)14)17-12(18)8-2-1-5-16-11(8)15/h1-6H,(H2,15,16)(H,17,18). The maximum absolute atomic E-state index is 13.0. The van der Waals surface area contributed by atoms with Gasteiger partial charge in [0.1, 0.15) is 11.6 Å². The molecule has 0 bridgehead atoms. The summed E-state index contributed by atoms with van der Waals surface area (Å²) in [6, 6.07) is 7.37. The number of halogens is 2. The van der Waals surface area contributed by atoms with Gasteiger partial charge in [-0.25, -0.2) is 9.37 Å². The molecule has 0 radical (unpaired) electrons. The van der Waals surface area contributed by atoms with Gasteiger partial charge in [0.15, 0.2) is 0 Å². The van der Waals surface area contributed by atoms with Crippen molar-refractivity contribution in [2.75, 3.05) is 11.1 Å². The molecule has 4 nitrogen and oxygen atoms in total. The molecule has 0 fully saturated rings. The number of nitrogens with zero attached hydrogens (tertiary/aromatic N) is 1. The summed E-state index contributed by atoms with van der Waals surface area (Å²) in [7, 11) is 0. The van der Waals surface area contributed by atoms with Gasteiger partial charge < -0.3 is 11.1 Å². The van der Waals surface area contributed by atoms with Crippen molar-refractivity contribution in [2.24, 2.45) is 0 Å². The monoisotopic (exact) mass is 309 g/mol. The van der Waals surface area contributed by atoms with E-state index in [1.54, 1.807) is 12.1 Å². The van der Waals surface area contributed by atoms with Gasteiger partial charge in [0.25, 0.3) is 5.91 Å². The highest BCUT2D eigenvalue weighted by atomic mass is 79.9. The smallest absolute Gasteiger partial charge is 0.259 e. The van der Waals surface area contributed by atoms with Gasteiger partial charge in [-0.15, -0.1) is 0 Å². The zero-order chi connectivity index (χ0) is 13.1. The number of pyridine rings is 1. The van der Waals surface area contributed by atoms with Crippen LogP contribution in [0.15, 0.2) is 41.0 Å². The third-order valence-corrected chi connectivity index (χ3v) is 2.87. The Bertz CT molecular complexity index is 604. The maximum atomic E-state index is 13.0. The van der Waals surface area contributed by atoms with E-state index in [-0.39, 0.29) is 21.8 Å². The van der Waals surface area contributed by atoms with Crippen LogP contribution in [0.25, 0.3) is 0 Å². The lowest BCUT2D eigenvalue weighted by Gasteiger charge is -2.07. The minimum absolute atomic E-state index is 0.149. The van der Waals surface area contributed by atoms with Crippen molar-refractivity contribution in [2.45, 2.75) is 0 Å². The van der Waals surface area contributed by atoms with Crippen molar-refractivity contribution in [3.05, 3.63) is 52.4 Å². The van der Waals surface area contributed by atoms with Crippen molar-refractivity contribution >= 4 is 33.3 Å². The van der Waals surface area contributed by atoms with Gasteiger partial charge in [-0.1, -0.05) is 0 Å². The summed E-state index contributed by atoms with van der Waals surface area (Å²) in [5.74, 6) is -0.635. The summed E-state index contributed by atoms with van der Waals surface area (Å²) in [5, 5.41) is 2.61. The average molecular weight is 310 g/mol. The molecule has 1 amide bonds. The number of hydrogen-bond acceptors (Lipinski definition) is 3. The lowest BCUT2D eigenvalue weighted by molar-refractivity contribution is 0.102. The minimum Gasteiger partial charge on any atom is -0.383 e. The molecule has 6 heteroatoms. The van der Waals surface area contributed by atoms with Crippen LogP contribution in [0.1, 0.15) is 10.4 Å². The summed E-state index contributed by atoms with van der Waals surface area (Å²) < 4.78 is 13.3. The Morgan fingerprint density at radius 1 is 1.39 bits per heavy atom. The Morgan fingerprint density at radius 3 is 2.83 bits per heavy atom. The Morgan fingerprint density at radius 2 is 2.17 bits per heavy atom. The van der Waals surface area contributed by atoms with E-state index in [2.05, 4.69) is 26.2 Å². The fraction of sp³-hybridized carbons (Fsp3) is 0. The van der Waals surface area contributed by atoms with Gasteiger partial charge >= 0.3 is 0 Å². The van der Waals surface area contributed by atoms with Crippen molar-refractivity contribution in [3.8, 4) is 0 Å². The molecule has 92 valence electrons. The molecule has 0 unspecified atom stereocenters. The summed E-state index contributed by atoms with van der Waals surface area (Å²) in [6.45, 7) is 0. The number of nitrogens with one attached hydrogen (secondary N) is 1. The number of aromatic nitrogens is 1. The highest BCUT2D eigenvalue weighted by Crippen LogP contribution is 2.20. The van der Waals surface area contributed by atoms with Crippen LogP contribution in [-0.2, 0) is 0 Å². The van der Waals surface area contributed by atoms with Crippen molar-refractivity contribution in [1.29, 1.82) is 0 Å². The third-order valence-electron chi connectivity index (χ3n) is 2.26. The van der Waals surface area contributed by atoms with E-state index in [0.29, 0.717) is 5.69 Å². The number of carbonyl (C=O) groups is 1. The first-order valence-corrected chi connectivity index (χ1v) is 5.84. The average Bonchev–Trinajstić information content (AvgIpc) is 2.34. The zero-order valence-corrected chi connectivity index (χ0v) is 10.7. The Hall–Kier alpha value is -1.95. The van der Waals surface area contributed by atoms with Crippen molar-refractivity contribution in [1.82, 2.24) is 4.98 Å². The molecule has 0 atom stereocenters. The normalized spacial score (nSPS) is 10.1. The van der Waals surface area contributed by atoms with Gasteiger partial charge in [0.2, 0.25) is 0 Å². The van der Waals surface area contributed by atoms with E-state index in [4.69, 9.17) is 5.73 Å². The zero-order valence-electron chi connectivity index (χ0n) is 9.15. The summed E-state index contributed by atoms with van der Waals surface area (Å²) in [4.78, 5) is 15.7. The van der Waals surface area contributed by atoms with Gasteiger partial charge in [-0.05, 0) is 46.3 Å². The van der Waals surface area contributed by atoms with E-state index in [0.717, 1.165) is 0 Å². The van der Waals surface area contributed by atoms with E-state index in [9.17, 15) is 9.18 Å².